The summed E-state index contributed by atoms with van der Waals surface area (Å²) in [5.41, 5.74) is 1.11. The first-order chi connectivity index (χ1) is 9.27. The Hall–Kier alpha value is -2.09. The molecule has 0 radical (unpaired) electrons. The number of hydrogen-bond acceptors (Lipinski definition) is 2. The van der Waals surface area contributed by atoms with Crippen LogP contribution in [0.1, 0.15) is 0 Å². The van der Waals surface area contributed by atoms with E-state index in [4.69, 9.17) is 5.11 Å². The fourth-order valence-electron chi connectivity index (χ4n) is 1.69. The molecule has 0 bridgehead atoms. The molecule has 0 spiro atoms. The summed E-state index contributed by atoms with van der Waals surface area (Å²) in [6.07, 6.45) is 7.91. The molecular formula is C17H14FeO2. The Morgan fingerprint density at radius 1 is 0.950 bits per heavy atom. The Bertz CT molecular complexity index is 636. The largest absolute Gasteiger partial charge is 2.00 e. The zero-order chi connectivity index (χ0) is 13.5. The van der Waals surface area contributed by atoms with E-state index >= 15 is 0 Å². The van der Waals surface area contributed by atoms with Crippen molar-refractivity contribution in [2.24, 2.45) is 0 Å². The summed E-state index contributed by atoms with van der Waals surface area (Å²) in [6.45, 7) is 0. The van der Waals surface area contributed by atoms with Gasteiger partial charge in [0.05, 0.1) is 5.95 Å². The second-order valence-corrected chi connectivity index (χ2v) is 4.02. The van der Waals surface area contributed by atoms with Crippen molar-refractivity contribution in [1.82, 2.24) is 0 Å². The molecule has 20 heavy (non-hydrogen) atoms. The van der Waals surface area contributed by atoms with Crippen LogP contribution >= 0.6 is 0 Å². The van der Waals surface area contributed by atoms with Crippen LogP contribution in [0.2, 0.25) is 0 Å². The van der Waals surface area contributed by atoms with Gasteiger partial charge in [-0.05, 0) is 16.0 Å². The summed E-state index contributed by atoms with van der Waals surface area (Å²) < 4.78 is 0. The molecule has 0 heterocycles. The maximum atomic E-state index is 10.6. The first kappa shape index (κ1) is 16.0. The van der Waals surface area contributed by atoms with Gasteiger partial charge in [0.25, 0.3) is 0 Å². The molecule has 0 saturated heterocycles. The summed E-state index contributed by atoms with van der Waals surface area (Å²) in [4.78, 5) is 0. The number of aliphatic hydroxyl groups excluding tert-OH is 1. The summed E-state index contributed by atoms with van der Waals surface area (Å²) >= 11 is 0. The van der Waals surface area contributed by atoms with Crippen LogP contribution < -0.4 is 15.5 Å². The van der Waals surface area contributed by atoms with E-state index in [1.54, 1.807) is 12.1 Å². The van der Waals surface area contributed by atoms with Gasteiger partial charge in [-0.25, -0.2) is 12.1 Å². The van der Waals surface area contributed by atoms with Crippen molar-refractivity contribution in [2.45, 2.75) is 0 Å². The minimum Gasteiger partial charge on any atom is -0.629 e. The van der Waals surface area contributed by atoms with Gasteiger partial charge >= 0.3 is 17.1 Å². The molecule has 2 aromatic rings. The molecule has 102 valence electrons. The summed E-state index contributed by atoms with van der Waals surface area (Å²) in [5.74, 6) is -0.890. The Labute approximate surface area is 128 Å². The normalized spacial score (nSPS) is 11.5. The molecule has 0 atom stereocenters. The van der Waals surface area contributed by atoms with Crippen molar-refractivity contribution in [3.63, 3.8) is 0 Å². The molecule has 0 aromatic heterocycles. The molecule has 3 heteroatoms. The van der Waals surface area contributed by atoms with Crippen molar-refractivity contribution in [1.29, 1.82) is 0 Å². The minimum absolute atomic E-state index is 0. The molecule has 0 amide bonds. The quantitative estimate of drug-likeness (QED) is 0.590. The topological polar surface area (TPSA) is 43.3 Å². The molecule has 1 aliphatic rings. The van der Waals surface area contributed by atoms with Crippen molar-refractivity contribution < 1.29 is 27.3 Å². The number of hydrogen-bond donors (Lipinski definition) is 1. The molecule has 0 saturated carbocycles. The molecule has 3 rings (SSSR count). The molecule has 0 unspecified atom stereocenters. The van der Waals surface area contributed by atoms with E-state index in [1.165, 1.54) is 0 Å². The Kier molecular flexibility index (Phi) is 6.51. The van der Waals surface area contributed by atoms with Gasteiger partial charge in [-0.3, -0.25) is 0 Å². The molecule has 1 N–H and O–H groups in total. The van der Waals surface area contributed by atoms with Gasteiger partial charge < -0.3 is 10.2 Å². The second kappa shape index (κ2) is 8.15. The van der Waals surface area contributed by atoms with E-state index in [0.717, 1.165) is 10.8 Å². The molecular weight excluding hydrogens is 292 g/mol. The van der Waals surface area contributed by atoms with Gasteiger partial charge in [-0.2, -0.15) is 18.2 Å². The van der Waals surface area contributed by atoms with Crippen LogP contribution in [0.5, 0.6) is 0 Å². The zero-order valence-corrected chi connectivity index (χ0v) is 11.8. The summed E-state index contributed by atoms with van der Waals surface area (Å²) in [7, 11) is 0. The SMILES string of the molecule is [Fe+2].[O-]C(O)=c1ccc(=C2C=CC=C2)cc1.c1cc[cH-]c1. The fraction of sp³-hybridized carbons (Fsp3) is 0. The van der Waals surface area contributed by atoms with E-state index in [0.29, 0.717) is 5.22 Å². The predicted molar refractivity (Wildman–Crippen MR) is 75.5 cm³/mol. The van der Waals surface area contributed by atoms with Gasteiger partial charge in [-0.15, -0.1) is 0 Å². The van der Waals surface area contributed by atoms with E-state index in [1.807, 2.05) is 66.8 Å². The molecule has 0 aliphatic heterocycles. The monoisotopic (exact) mass is 306 g/mol. The van der Waals surface area contributed by atoms with Gasteiger partial charge in [-0.1, -0.05) is 48.6 Å². The smallest absolute Gasteiger partial charge is 0.629 e. The van der Waals surface area contributed by atoms with Crippen LogP contribution in [-0.2, 0) is 17.1 Å². The average molecular weight is 306 g/mol. The molecule has 2 nitrogen and oxygen atoms in total. The summed E-state index contributed by atoms with van der Waals surface area (Å²) in [6, 6.07) is 16.9. The molecule has 2 aromatic carbocycles. The van der Waals surface area contributed by atoms with Crippen LogP contribution in [0.4, 0.5) is 0 Å². The van der Waals surface area contributed by atoms with E-state index in [-0.39, 0.29) is 17.1 Å². The Morgan fingerprint density at radius 2 is 1.50 bits per heavy atom. The maximum absolute atomic E-state index is 10.6. The first-order valence-electron chi connectivity index (χ1n) is 5.99. The third-order valence-corrected chi connectivity index (χ3v) is 2.68. The third-order valence-electron chi connectivity index (χ3n) is 2.68. The number of allylic oxidation sites excluding steroid dienone is 4. The second-order valence-electron chi connectivity index (χ2n) is 4.02. The van der Waals surface area contributed by atoms with E-state index in [9.17, 15) is 5.11 Å². The van der Waals surface area contributed by atoms with Crippen molar-refractivity contribution in [3.05, 3.63) is 89.3 Å². The predicted octanol–water partition coefficient (Wildman–Crippen LogP) is 1.35. The van der Waals surface area contributed by atoms with Gasteiger partial charge in [0.15, 0.2) is 0 Å². The minimum atomic E-state index is -0.890. The fourth-order valence-corrected chi connectivity index (χ4v) is 1.69. The zero-order valence-electron chi connectivity index (χ0n) is 10.7. The Morgan fingerprint density at radius 3 is 1.90 bits per heavy atom. The van der Waals surface area contributed by atoms with Crippen LogP contribution in [0.3, 0.4) is 0 Å². The van der Waals surface area contributed by atoms with E-state index < -0.39 is 5.95 Å². The average Bonchev–Trinajstić information content (AvgIpc) is 3.15. The van der Waals surface area contributed by atoms with Gasteiger partial charge in [0.2, 0.25) is 0 Å². The van der Waals surface area contributed by atoms with Crippen LogP contribution in [-0.4, -0.2) is 5.11 Å². The van der Waals surface area contributed by atoms with Crippen molar-refractivity contribution in [3.8, 4) is 0 Å². The molecule has 1 aliphatic carbocycles. The number of rotatable bonds is 0. The van der Waals surface area contributed by atoms with Crippen LogP contribution in [0, 0.1) is 0 Å². The number of benzene rings is 1. The molecule has 0 fully saturated rings. The standard InChI is InChI=1S/C12H10O2.C5H5.Fe/c13-12(14)11-7-5-10(6-8-11)9-3-1-2-4-9;1-2-4-5-3-1;/h1-8,13-14H;1-5H;/q;-1;+2/p-1. The van der Waals surface area contributed by atoms with Gasteiger partial charge in [0, 0.05) is 0 Å². The van der Waals surface area contributed by atoms with Crippen LogP contribution in [0.25, 0.3) is 11.5 Å². The maximum Gasteiger partial charge on any atom is 2.00 e. The number of aliphatic hydroxyl groups is 1. The van der Waals surface area contributed by atoms with Crippen molar-refractivity contribution in [2.75, 3.05) is 0 Å². The summed E-state index contributed by atoms with van der Waals surface area (Å²) in [5, 5.41) is 20.7. The first-order valence-corrected chi connectivity index (χ1v) is 5.99. The third kappa shape index (κ3) is 4.54. The van der Waals surface area contributed by atoms with E-state index in [2.05, 4.69) is 0 Å². The van der Waals surface area contributed by atoms with Crippen LogP contribution in [0.15, 0.2) is 78.9 Å². The van der Waals surface area contributed by atoms with Crippen molar-refractivity contribution >= 4 is 11.5 Å². The van der Waals surface area contributed by atoms with Gasteiger partial charge in [0.1, 0.15) is 0 Å². The Balaban J connectivity index is 0.000000283.